The molecule has 0 aliphatic carbocycles. The van der Waals surface area contributed by atoms with Crippen LogP contribution in [0.15, 0.2) is 12.2 Å². The standard InChI is InChI=1S/C10H18O2/c1-8(2)5-6-9-7-11-10(3,4)12-9/h9H,1,5-7H2,2-4H3/t9-/m1/s1. The summed E-state index contributed by atoms with van der Waals surface area (Å²) in [6.45, 7) is 10.5. The molecule has 0 aromatic carbocycles. The third-order valence-corrected chi connectivity index (χ3v) is 1.96. The van der Waals surface area contributed by atoms with Crippen LogP contribution in [0.1, 0.15) is 33.6 Å². The minimum atomic E-state index is -0.375. The fourth-order valence-electron chi connectivity index (χ4n) is 1.31. The zero-order valence-electron chi connectivity index (χ0n) is 8.22. The van der Waals surface area contributed by atoms with E-state index in [0.717, 1.165) is 19.4 Å². The first-order valence-electron chi connectivity index (χ1n) is 4.46. The van der Waals surface area contributed by atoms with Crippen molar-refractivity contribution in [1.29, 1.82) is 0 Å². The molecule has 1 atom stereocenters. The summed E-state index contributed by atoms with van der Waals surface area (Å²) in [6.07, 6.45) is 2.32. The molecule has 12 heavy (non-hydrogen) atoms. The zero-order chi connectivity index (χ0) is 9.19. The Labute approximate surface area is 74.6 Å². The van der Waals surface area contributed by atoms with Gasteiger partial charge in [-0.05, 0) is 33.6 Å². The SMILES string of the molecule is C=C(C)CC[C@@H]1COC(C)(C)O1. The maximum Gasteiger partial charge on any atom is 0.163 e. The van der Waals surface area contributed by atoms with Crippen molar-refractivity contribution in [1.82, 2.24) is 0 Å². The molecular formula is C10H18O2. The van der Waals surface area contributed by atoms with Crippen LogP contribution in [0.25, 0.3) is 0 Å². The maximum absolute atomic E-state index is 5.64. The lowest BCUT2D eigenvalue weighted by molar-refractivity contribution is -0.138. The molecular weight excluding hydrogens is 152 g/mol. The molecule has 0 spiro atoms. The van der Waals surface area contributed by atoms with Crippen LogP contribution < -0.4 is 0 Å². The van der Waals surface area contributed by atoms with Crippen LogP contribution >= 0.6 is 0 Å². The van der Waals surface area contributed by atoms with Gasteiger partial charge < -0.3 is 9.47 Å². The largest absolute Gasteiger partial charge is 0.348 e. The van der Waals surface area contributed by atoms with E-state index in [1.54, 1.807) is 0 Å². The highest BCUT2D eigenvalue weighted by Gasteiger charge is 2.31. The molecule has 1 heterocycles. The van der Waals surface area contributed by atoms with E-state index in [1.807, 2.05) is 20.8 Å². The Morgan fingerprint density at radius 1 is 1.58 bits per heavy atom. The van der Waals surface area contributed by atoms with Gasteiger partial charge in [0, 0.05) is 0 Å². The summed E-state index contributed by atoms with van der Waals surface area (Å²) in [7, 11) is 0. The summed E-state index contributed by atoms with van der Waals surface area (Å²) in [4.78, 5) is 0. The van der Waals surface area contributed by atoms with Crippen LogP contribution in [-0.2, 0) is 9.47 Å². The topological polar surface area (TPSA) is 18.5 Å². The van der Waals surface area contributed by atoms with E-state index in [-0.39, 0.29) is 11.9 Å². The molecule has 1 aliphatic heterocycles. The van der Waals surface area contributed by atoms with Crippen LogP contribution in [0.5, 0.6) is 0 Å². The van der Waals surface area contributed by atoms with Gasteiger partial charge in [-0.15, -0.1) is 6.58 Å². The molecule has 2 nitrogen and oxygen atoms in total. The van der Waals surface area contributed by atoms with E-state index in [9.17, 15) is 0 Å². The van der Waals surface area contributed by atoms with Crippen molar-refractivity contribution in [3.63, 3.8) is 0 Å². The third-order valence-electron chi connectivity index (χ3n) is 1.96. The minimum absolute atomic E-state index is 0.261. The highest BCUT2D eigenvalue weighted by molar-refractivity contribution is 4.89. The van der Waals surface area contributed by atoms with Crippen LogP contribution in [0, 0.1) is 0 Å². The van der Waals surface area contributed by atoms with E-state index >= 15 is 0 Å². The van der Waals surface area contributed by atoms with E-state index < -0.39 is 0 Å². The van der Waals surface area contributed by atoms with Gasteiger partial charge in [0.1, 0.15) is 0 Å². The molecule has 70 valence electrons. The van der Waals surface area contributed by atoms with Crippen molar-refractivity contribution < 1.29 is 9.47 Å². The van der Waals surface area contributed by atoms with E-state index in [1.165, 1.54) is 5.57 Å². The Morgan fingerprint density at radius 3 is 2.67 bits per heavy atom. The van der Waals surface area contributed by atoms with Crippen LogP contribution in [0.3, 0.4) is 0 Å². The van der Waals surface area contributed by atoms with Crippen LogP contribution in [0.4, 0.5) is 0 Å². The van der Waals surface area contributed by atoms with Gasteiger partial charge in [0.2, 0.25) is 0 Å². The average Bonchev–Trinajstić information content (AvgIpc) is 2.26. The molecule has 0 aromatic rings. The molecule has 0 radical (unpaired) electrons. The molecule has 1 fully saturated rings. The highest BCUT2D eigenvalue weighted by Crippen LogP contribution is 2.25. The van der Waals surface area contributed by atoms with Crippen molar-refractivity contribution in [2.24, 2.45) is 0 Å². The Morgan fingerprint density at radius 2 is 2.25 bits per heavy atom. The predicted molar refractivity (Wildman–Crippen MR) is 49.0 cm³/mol. The van der Waals surface area contributed by atoms with Crippen molar-refractivity contribution in [2.45, 2.75) is 45.5 Å². The van der Waals surface area contributed by atoms with E-state index in [0.29, 0.717) is 0 Å². The molecule has 0 aromatic heterocycles. The van der Waals surface area contributed by atoms with Crippen molar-refractivity contribution in [2.75, 3.05) is 6.61 Å². The highest BCUT2D eigenvalue weighted by atomic mass is 16.7. The second kappa shape index (κ2) is 3.58. The average molecular weight is 170 g/mol. The van der Waals surface area contributed by atoms with Crippen molar-refractivity contribution in [3.05, 3.63) is 12.2 Å². The normalized spacial score (nSPS) is 27.4. The number of rotatable bonds is 3. The lowest BCUT2D eigenvalue weighted by Crippen LogP contribution is -2.21. The monoisotopic (exact) mass is 170 g/mol. The van der Waals surface area contributed by atoms with Gasteiger partial charge in [-0.1, -0.05) is 5.57 Å². The number of ether oxygens (including phenoxy) is 2. The van der Waals surface area contributed by atoms with Gasteiger partial charge in [0.25, 0.3) is 0 Å². The van der Waals surface area contributed by atoms with Crippen LogP contribution in [-0.4, -0.2) is 18.5 Å². The van der Waals surface area contributed by atoms with Crippen LogP contribution in [0.2, 0.25) is 0 Å². The Balaban J connectivity index is 2.24. The lowest BCUT2D eigenvalue weighted by Gasteiger charge is -2.16. The first-order chi connectivity index (χ1) is 5.49. The Bertz CT molecular complexity index is 173. The smallest absolute Gasteiger partial charge is 0.163 e. The Kier molecular flexibility index (Phi) is 2.91. The summed E-state index contributed by atoms with van der Waals surface area (Å²) in [5.74, 6) is -0.375. The summed E-state index contributed by atoms with van der Waals surface area (Å²) in [5.41, 5.74) is 1.21. The second-order valence-electron chi connectivity index (χ2n) is 3.95. The molecule has 0 N–H and O–H groups in total. The Hall–Kier alpha value is -0.340. The molecule has 0 unspecified atom stereocenters. The zero-order valence-corrected chi connectivity index (χ0v) is 8.22. The lowest BCUT2D eigenvalue weighted by atomic mass is 10.1. The van der Waals surface area contributed by atoms with E-state index in [4.69, 9.17) is 9.47 Å². The van der Waals surface area contributed by atoms with Gasteiger partial charge in [0.15, 0.2) is 5.79 Å². The van der Waals surface area contributed by atoms with E-state index in [2.05, 4.69) is 6.58 Å². The summed E-state index contributed by atoms with van der Waals surface area (Å²) >= 11 is 0. The quantitative estimate of drug-likeness (QED) is 0.606. The van der Waals surface area contributed by atoms with Crippen molar-refractivity contribution >= 4 is 0 Å². The molecule has 0 amide bonds. The molecule has 2 heteroatoms. The summed E-state index contributed by atoms with van der Waals surface area (Å²) in [6, 6.07) is 0. The number of allylic oxidation sites excluding steroid dienone is 1. The van der Waals surface area contributed by atoms with Crippen molar-refractivity contribution in [3.8, 4) is 0 Å². The first-order valence-corrected chi connectivity index (χ1v) is 4.46. The van der Waals surface area contributed by atoms with Gasteiger partial charge in [0.05, 0.1) is 12.7 Å². The summed E-state index contributed by atoms with van der Waals surface area (Å²) in [5, 5.41) is 0. The molecule has 1 aliphatic rings. The van der Waals surface area contributed by atoms with Gasteiger partial charge in [-0.25, -0.2) is 0 Å². The third kappa shape index (κ3) is 2.95. The second-order valence-corrected chi connectivity index (χ2v) is 3.95. The molecule has 1 rings (SSSR count). The van der Waals surface area contributed by atoms with Gasteiger partial charge in [-0.3, -0.25) is 0 Å². The minimum Gasteiger partial charge on any atom is -0.348 e. The molecule has 1 saturated heterocycles. The fourth-order valence-corrected chi connectivity index (χ4v) is 1.31. The van der Waals surface area contributed by atoms with Gasteiger partial charge >= 0.3 is 0 Å². The fraction of sp³-hybridized carbons (Fsp3) is 0.800. The first kappa shape index (κ1) is 9.75. The maximum atomic E-state index is 5.64. The molecule has 0 bridgehead atoms. The number of hydrogen-bond donors (Lipinski definition) is 0. The van der Waals surface area contributed by atoms with Gasteiger partial charge in [-0.2, -0.15) is 0 Å². The number of hydrogen-bond acceptors (Lipinski definition) is 2. The predicted octanol–water partition coefficient (Wildman–Crippen LogP) is 2.49. The summed E-state index contributed by atoms with van der Waals surface area (Å²) < 4.78 is 11.1. The molecule has 0 saturated carbocycles.